The van der Waals surface area contributed by atoms with E-state index in [4.69, 9.17) is 4.42 Å². The third-order valence-corrected chi connectivity index (χ3v) is 2.03. The largest absolute Gasteiger partial charge is 0.457 e. The molecule has 2 nitrogen and oxygen atoms in total. The van der Waals surface area contributed by atoms with Crippen LogP contribution in [0.25, 0.3) is 0 Å². The SMILES string of the molecule is FC(F)(F)CNCc1ccoc1Br. The van der Waals surface area contributed by atoms with Gasteiger partial charge in [-0.3, -0.25) is 0 Å². The summed E-state index contributed by atoms with van der Waals surface area (Å²) in [7, 11) is 0. The molecule has 1 aromatic heterocycles. The van der Waals surface area contributed by atoms with Crippen molar-refractivity contribution in [2.24, 2.45) is 0 Å². The minimum absolute atomic E-state index is 0.136. The van der Waals surface area contributed by atoms with Crippen molar-refractivity contribution in [3.8, 4) is 0 Å². The Balaban J connectivity index is 2.32. The van der Waals surface area contributed by atoms with Crippen LogP contribution in [-0.4, -0.2) is 12.7 Å². The molecule has 0 spiro atoms. The molecule has 0 aromatic carbocycles. The second kappa shape index (κ2) is 4.15. The molecule has 1 heterocycles. The predicted molar refractivity (Wildman–Crippen MR) is 44.2 cm³/mol. The van der Waals surface area contributed by atoms with Gasteiger partial charge < -0.3 is 9.73 Å². The summed E-state index contributed by atoms with van der Waals surface area (Å²) in [5.74, 6) is 0. The lowest BCUT2D eigenvalue weighted by atomic mass is 10.3. The van der Waals surface area contributed by atoms with E-state index in [0.29, 0.717) is 10.2 Å². The van der Waals surface area contributed by atoms with Gasteiger partial charge >= 0.3 is 6.18 Å². The average Bonchev–Trinajstić information content (AvgIpc) is 2.34. The zero-order valence-corrected chi connectivity index (χ0v) is 8.08. The second-order valence-electron chi connectivity index (χ2n) is 2.44. The summed E-state index contributed by atoms with van der Waals surface area (Å²) in [5, 5.41) is 2.25. The van der Waals surface area contributed by atoms with Crippen molar-refractivity contribution in [2.75, 3.05) is 6.54 Å². The molecular weight excluding hydrogens is 251 g/mol. The van der Waals surface area contributed by atoms with Crippen molar-refractivity contribution in [2.45, 2.75) is 12.7 Å². The molecule has 0 amide bonds. The van der Waals surface area contributed by atoms with Gasteiger partial charge in [-0.05, 0) is 22.0 Å². The van der Waals surface area contributed by atoms with E-state index in [1.165, 1.54) is 6.26 Å². The molecule has 0 atom stereocenters. The van der Waals surface area contributed by atoms with Crippen LogP contribution in [0.2, 0.25) is 0 Å². The molecule has 0 aliphatic rings. The quantitative estimate of drug-likeness (QED) is 0.901. The van der Waals surface area contributed by atoms with Crippen LogP contribution in [-0.2, 0) is 6.54 Å². The van der Waals surface area contributed by atoms with E-state index in [-0.39, 0.29) is 6.54 Å². The van der Waals surface area contributed by atoms with E-state index in [9.17, 15) is 13.2 Å². The van der Waals surface area contributed by atoms with E-state index in [1.807, 2.05) is 0 Å². The first kappa shape index (κ1) is 10.6. The Morgan fingerprint density at radius 3 is 2.62 bits per heavy atom. The van der Waals surface area contributed by atoms with Crippen LogP contribution in [0.1, 0.15) is 5.56 Å². The van der Waals surface area contributed by atoms with Crippen LogP contribution in [0, 0.1) is 0 Å². The third kappa shape index (κ3) is 3.82. The normalized spacial score (nSPS) is 12.0. The molecule has 0 aliphatic heterocycles. The summed E-state index contributed by atoms with van der Waals surface area (Å²) in [5.41, 5.74) is 0.671. The Labute approximate surface area is 81.2 Å². The van der Waals surface area contributed by atoms with E-state index >= 15 is 0 Å². The fraction of sp³-hybridized carbons (Fsp3) is 0.429. The Bertz CT molecular complexity index is 271. The number of furan rings is 1. The zero-order chi connectivity index (χ0) is 9.90. The molecule has 0 saturated carbocycles. The summed E-state index contributed by atoms with van der Waals surface area (Å²) in [4.78, 5) is 0. The lowest BCUT2D eigenvalue weighted by Crippen LogP contribution is -2.28. The van der Waals surface area contributed by atoms with Gasteiger partial charge in [0.1, 0.15) is 0 Å². The van der Waals surface area contributed by atoms with Gasteiger partial charge in [0.25, 0.3) is 0 Å². The minimum atomic E-state index is -4.17. The molecule has 0 fully saturated rings. The van der Waals surface area contributed by atoms with E-state index in [0.717, 1.165) is 0 Å². The number of alkyl halides is 3. The van der Waals surface area contributed by atoms with Crippen molar-refractivity contribution in [3.63, 3.8) is 0 Å². The van der Waals surface area contributed by atoms with Crippen LogP contribution < -0.4 is 5.32 Å². The van der Waals surface area contributed by atoms with Crippen molar-refractivity contribution in [1.29, 1.82) is 0 Å². The fourth-order valence-electron chi connectivity index (χ4n) is 0.784. The average molecular weight is 258 g/mol. The molecule has 0 aliphatic carbocycles. The highest BCUT2D eigenvalue weighted by Crippen LogP contribution is 2.18. The molecule has 0 unspecified atom stereocenters. The van der Waals surface area contributed by atoms with Crippen LogP contribution >= 0.6 is 15.9 Å². The maximum Gasteiger partial charge on any atom is 0.401 e. The first-order valence-corrected chi connectivity index (χ1v) is 4.27. The molecule has 0 bridgehead atoms. The standard InChI is InChI=1S/C7H7BrF3NO/c8-6-5(1-2-13-6)3-12-4-7(9,10)11/h1-2,12H,3-4H2. The number of hydrogen-bond acceptors (Lipinski definition) is 2. The number of halogens is 4. The Morgan fingerprint density at radius 2 is 2.15 bits per heavy atom. The number of nitrogens with one attached hydrogen (secondary N) is 1. The van der Waals surface area contributed by atoms with Gasteiger partial charge in [0.05, 0.1) is 12.8 Å². The van der Waals surface area contributed by atoms with Gasteiger partial charge in [0, 0.05) is 12.1 Å². The first-order valence-electron chi connectivity index (χ1n) is 3.48. The fourth-order valence-corrected chi connectivity index (χ4v) is 1.16. The second-order valence-corrected chi connectivity index (χ2v) is 3.16. The lowest BCUT2D eigenvalue weighted by Gasteiger charge is -2.06. The molecule has 1 N–H and O–H groups in total. The molecule has 1 rings (SSSR count). The van der Waals surface area contributed by atoms with Gasteiger partial charge in [-0.2, -0.15) is 13.2 Å². The molecule has 6 heteroatoms. The Kier molecular flexibility index (Phi) is 3.38. The summed E-state index contributed by atoms with van der Waals surface area (Å²) in [6.45, 7) is -0.860. The topological polar surface area (TPSA) is 25.2 Å². The molecule has 13 heavy (non-hydrogen) atoms. The van der Waals surface area contributed by atoms with Crippen LogP contribution in [0.5, 0.6) is 0 Å². The summed E-state index contributed by atoms with van der Waals surface area (Å²) >= 11 is 3.06. The predicted octanol–water partition coefficient (Wildman–Crippen LogP) is 2.69. The summed E-state index contributed by atoms with van der Waals surface area (Å²) in [6.07, 6.45) is -2.76. The van der Waals surface area contributed by atoms with Gasteiger partial charge in [-0.1, -0.05) is 0 Å². The lowest BCUT2D eigenvalue weighted by molar-refractivity contribution is -0.125. The van der Waals surface area contributed by atoms with E-state index in [2.05, 4.69) is 21.2 Å². The first-order chi connectivity index (χ1) is 5.99. The highest BCUT2D eigenvalue weighted by molar-refractivity contribution is 9.10. The number of hydrogen-bond donors (Lipinski definition) is 1. The third-order valence-electron chi connectivity index (χ3n) is 1.33. The minimum Gasteiger partial charge on any atom is -0.457 e. The highest BCUT2D eigenvalue weighted by atomic mass is 79.9. The van der Waals surface area contributed by atoms with Gasteiger partial charge in [0.15, 0.2) is 4.67 Å². The van der Waals surface area contributed by atoms with Crippen molar-refractivity contribution >= 4 is 15.9 Å². The van der Waals surface area contributed by atoms with Gasteiger partial charge in [-0.25, -0.2) is 0 Å². The van der Waals surface area contributed by atoms with Crippen LogP contribution in [0.15, 0.2) is 21.4 Å². The molecule has 0 saturated heterocycles. The Morgan fingerprint density at radius 1 is 1.46 bits per heavy atom. The maximum absolute atomic E-state index is 11.7. The summed E-state index contributed by atoms with van der Waals surface area (Å²) < 4.78 is 40.4. The molecule has 1 aromatic rings. The van der Waals surface area contributed by atoms with Gasteiger partial charge in [0.2, 0.25) is 0 Å². The summed E-state index contributed by atoms with van der Waals surface area (Å²) in [6, 6.07) is 1.60. The molecule has 74 valence electrons. The highest BCUT2D eigenvalue weighted by Gasteiger charge is 2.26. The van der Waals surface area contributed by atoms with E-state index < -0.39 is 12.7 Å². The molecule has 0 radical (unpaired) electrons. The van der Waals surface area contributed by atoms with Crippen molar-refractivity contribution in [1.82, 2.24) is 5.32 Å². The number of rotatable bonds is 3. The monoisotopic (exact) mass is 257 g/mol. The van der Waals surface area contributed by atoms with Crippen LogP contribution in [0.4, 0.5) is 13.2 Å². The Hall–Kier alpha value is -0.490. The smallest absolute Gasteiger partial charge is 0.401 e. The molecular formula is C7H7BrF3NO. The van der Waals surface area contributed by atoms with Gasteiger partial charge in [-0.15, -0.1) is 0 Å². The van der Waals surface area contributed by atoms with Crippen molar-refractivity contribution < 1.29 is 17.6 Å². The van der Waals surface area contributed by atoms with Crippen LogP contribution in [0.3, 0.4) is 0 Å². The maximum atomic E-state index is 11.7. The van der Waals surface area contributed by atoms with Crippen molar-refractivity contribution in [3.05, 3.63) is 22.6 Å². The van der Waals surface area contributed by atoms with E-state index in [1.54, 1.807) is 6.07 Å². The zero-order valence-electron chi connectivity index (χ0n) is 6.49.